The number of hydrogen-bond donors (Lipinski definition) is 3. The molecule has 4 N–H and O–H groups in total. The highest BCUT2D eigenvalue weighted by atomic mass is 32.2. The van der Waals surface area contributed by atoms with Gasteiger partial charge in [0.05, 0.1) is 25.2 Å². The van der Waals surface area contributed by atoms with E-state index in [4.69, 9.17) is 10.5 Å². The second kappa shape index (κ2) is 7.68. The highest BCUT2D eigenvalue weighted by molar-refractivity contribution is 7.92. The Bertz CT molecular complexity index is 1370. The number of nitrogens with one attached hydrogen (secondary N) is 2. The van der Waals surface area contributed by atoms with Gasteiger partial charge in [-0.3, -0.25) is 9.12 Å². The molecule has 0 aliphatic rings. The molecule has 4 aromatic heterocycles. The number of rotatable bonds is 6. The summed E-state index contributed by atoms with van der Waals surface area (Å²) in [4.78, 5) is 21.4. The van der Waals surface area contributed by atoms with Crippen LogP contribution < -0.4 is 20.5 Å². The number of aromatic nitrogens is 6. The summed E-state index contributed by atoms with van der Waals surface area (Å²) in [6.07, 6.45) is 4.36. The van der Waals surface area contributed by atoms with Crippen molar-refractivity contribution in [3.05, 3.63) is 42.5 Å². The van der Waals surface area contributed by atoms with Gasteiger partial charge in [0.25, 0.3) is 0 Å². The molecule has 13 heteroatoms. The van der Waals surface area contributed by atoms with E-state index >= 15 is 0 Å². The van der Waals surface area contributed by atoms with Gasteiger partial charge in [0.2, 0.25) is 21.9 Å². The smallest absolute Gasteiger partial charge is 0.238 e. The summed E-state index contributed by atoms with van der Waals surface area (Å²) in [5.41, 5.74) is 7.67. The van der Waals surface area contributed by atoms with E-state index in [9.17, 15) is 8.42 Å². The fourth-order valence-corrected chi connectivity index (χ4v) is 3.54. The molecule has 0 saturated heterocycles. The number of pyridine rings is 2. The van der Waals surface area contributed by atoms with E-state index in [1.165, 1.54) is 13.3 Å². The van der Waals surface area contributed by atoms with Gasteiger partial charge in [-0.05, 0) is 25.1 Å². The number of hydrogen-bond acceptors (Lipinski definition) is 10. The van der Waals surface area contributed by atoms with Crippen molar-refractivity contribution >= 4 is 38.8 Å². The highest BCUT2D eigenvalue weighted by Crippen LogP contribution is 2.32. The molecule has 0 unspecified atom stereocenters. The lowest BCUT2D eigenvalue weighted by Gasteiger charge is -2.12. The van der Waals surface area contributed by atoms with Crippen LogP contribution in [0.25, 0.3) is 17.2 Å². The number of imidazole rings is 1. The van der Waals surface area contributed by atoms with Crippen molar-refractivity contribution < 1.29 is 13.2 Å². The average Bonchev–Trinajstić information content (AvgIpc) is 3.04. The summed E-state index contributed by atoms with van der Waals surface area (Å²) in [5, 5.41) is 3.15. The van der Waals surface area contributed by atoms with Crippen LogP contribution in [-0.4, -0.2) is 51.1 Å². The first kappa shape index (κ1) is 20.3. The largest absolute Gasteiger partial charge is 0.479 e. The number of sulfonamides is 1. The van der Waals surface area contributed by atoms with E-state index in [0.717, 1.165) is 6.26 Å². The normalized spacial score (nSPS) is 11.5. The summed E-state index contributed by atoms with van der Waals surface area (Å²) >= 11 is 0. The van der Waals surface area contributed by atoms with Gasteiger partial charge in [0.15, 0.2) is 11.6 Å². The van der Waals surface area contributed by atoms with E-state index in [2.05, 4.69) is 35.0 Å². The van der Waals surface area contributed by atoms with Gasteiger partial charge in [-0.25, -0.2) is 23.4 Å². The van der Waals surface area contributed by atoms with Crippen molar-refractivity contribution in [2.75, 3.05) is 29.1 Å². The van der Waals surface area contributed by atoms with Crippen molar-refractivity contribution in [3.63, 3.8) is 0 Å². The van der Waals surface area contributed by atoms with E-state index in [1.54, 1.807) is 13.0 Å². The molecule has 31 heavy (non-hydrogen) atoms. The summed E-state index contributed by atoms with van der Waals surface area (Å²) < 4.78 is 32.7. The average molecular weight is 441 g/mol. The van der Waals surface area contributed by atoms with Gasteiger partial charge in [-0.15, -0.1) is 0 Å². The summed E-state index contributed by atoms with van der Waals surface area (Å²) in [5.74, 6) is 1.44. The maximum atomic E-state index is 11.7. The van der Waals surface area contributed by atoms with Crippen LogP contribution in [0, 0.1) is 6.92 Å². The number of anilines is 4. The van der Waals surface area contributed by atoms with Crippen LogP contribution in [0.5, 0.6) is 5.88 Å². The zero-order chi connectivity index (χ0) is 22.2. The van der Waals surface area contributed by atoms with Crippen molar-refractivity contribution in [1.29, 1.82) is 0 Å². The monoisotopic (exact) mass is 441 g/mol. The topological polar surface area (TPSA) is 162 Å². The van der Waals surface area contributed by atoms with Gasteiger partial charge in [-0.1, -0.05) is 6.07 Å². The Morgan fingerprint density at radius 3 is 2.68 bits per heavy atom. The third-order valence-electron chi connectivity index (χ3n) is 4.11. The number of methoxy groups -OCH3 is 1. The van der Waals surface area contributed by atoms with E-state index in [-0.39, 0.29) is 17.5 Å². The van der Waals surface area contributed by atoms with E-state index < -0.39 is 10.0 Å². The SMILES string of the molecule is COc1ncc(Nc2nc3ccccn3c2-c2nc(C)nc(N)n2)cc1NS(C)(=O)=O. The van der Waals surface area contributed by atoms with Gasteiger partial charge < -0.3 is 15.8 Å². The molecular weight excluding hydrogens is 422 g/mol. The quantitative estimate of drug-likeness (QED) is 0.400. The van der Waals surface area contributed by atoms with Crippen LogP contribution in [0.3, 0.4) is 0 Å². The maximum absolute atomic E-state index is 11.7. The molecule has 0 fully saturated rings. The molecule has 0 spiro atoms. The second-order valence-corrected chi connectivity index (χ2v) is 8.33. The minimum atomic E-state index is -3.54. The highest BCUT2D eigenvalue weighted by Gasteiger charge is 2.19. The van der Waals surface area contributed by atoms with Crippen LogP contribution in [-0.2, 0) is 10.0 Å². The molecule has 12 nitrogen and oxygen atoms in total. The maximum Gasteiger partial charge on any atom is 0.238 e. The fraction of sp³-hybridized carbons (Fsp3) is 0.167. The molecule has 4 heterocycles. The summed E-state index contributed by atoms with van der Waals surface area (Å²) in [7, 11) is -2.14. The van der Waals surface area contributed by atoms with E-state index in [1.807, 2.05) is 28.8 Å². The lowest BCUT2D eigenvalue weighted by atomic mass is 10.3. The minimum absolute atomic E-state index is 0.0880. The second-order valence-electron chi connectivity index (χ2n) is 6.58. The lowest BCUT2D eigenvalue weighted by Crippen LogP contribution is -2.11. The molecule has 0 bridgehead atoms. The van der Waals surface area contributed by atoms with Crippen molar-refractivity contribution in [3.8, 4) is 17.4 Å². The summed E-state index contributed by atoms with van der Waals surface area (Å²) in [6.45, 7) is 1.72. The Hall–Kier alpha value is -4.00. The Morgan fingerprint density at radius 2 is 1.97 bits per heavy atom. The fourth-order valence-electron chi connectivity index (χ4n) is 3.00. The number of ether oxygens (including phenoxy) is 1. The first-order valence-electron chi connectivity index (χ1n) is 8.98. The number of nitrogens with zero attached hydrogens (tertiary/aromatic N) is 6. The molecule has 0 radical (unpaired) electrons. The number of aryl methyl sites for hydroxylation is 1. The molecule has 160 valence electrons. The Labute approximate surface area is 177 Å². The molecule has 0 amide bonds. The zero-order valence-corrected chi connectivity index (χ0v) is 17.7. The van der Waals surface area contributed by atoms with Crippen molar-refractivity contribution in [2.45, 2.75) is 6.92 Å². The number of nitrogens with two attached hydrogens (primary N) is 1. The Balaban J connectivity index is 1.83. The molecule has 0 aliphatic carbocycles. The van der Waals surface area contributed by atoms with Crippen LogP contribution in [0.15, 0.2) is 36.7 Å². The first-order chi connectivity index (χ1) is 14.7. The molecular formula is C18H19N9O3S. The van der Waals surface area contributed by atoms with Gasteiger partial charge in [0.1, 0.15) is 22.9 Å². The van der Waals surface area contributed by atoms with Gasteiger partial charge in [0, 0.05) is 6.20 Å². The van der Waals surface area contributed by atoms with Crippen molar-refractivity contribution in [2.24, 2.45) is 0 Å². The van der Waals surface area contributed by atoms with Gasteiger partial charge in [-0.2, -0.15) is 9.97 Å². The Morgan fingerprint density at radius 1 is 1.16 bits per heavy atom. The number of fused-ring (bicyclic) bond motifs is 1. The van der Waals surface area contributed by atoms with Crippen LogP contribution >= 0.6 is 0 Å². The molecule has 4 rings (SSSR count). The van der Waals surface area contributed by atoms with Crippen molar-refractivity contribution in [1.82, 2.24) is 29.3 Å². The predicted octanol–water partition coefficient (Wildman–Crippen LogP) is 1.60. The Kier molecular flexibility index (Phi) is 5.02. The minimum Gasteiger partial charge on any atom is -0.479 e. The van der Waals surface area contributed by atoms with Gasteiger partial charge >= 0.3 is 0 Å². The molecule has 0 saturated carbocycles. The van der Waals surface area contributed by atoms with Crippen LogP contribution in [0.1, 0.15) is 5.82 Å². The third kappa shape index (κ3) is 4.30. The first-order valence-corrected chi connectivity index (χ1v) is 10.9. The van der Waals surface area contributed by atoms with E-state index in [0.29, 0.717) is 34.5 Å². The molecule has 0 aliphatic heterocycles. The lowest BCUT2D eigenvalue weighted by molar-refractivity contribution is 0.400. The molecule has 4 aromatic rings. The van der Waals surface area contributed by atoms with Crippen LogP contribution in [0.2, 0.25) is 0 Å². The number of nitrogen functional groups attached to an aromatic ring is 1. The summed E-state index contributed by atoms with van der Waals surface area (Å²) in [6, 6.07) is 7.08. The molecule has 0 aromatic carbocycles. The predicted molar refractivity (Wildman–Crippen MR) is 116 cm³/mol. The molecule has 0 atom stereocenters. The van der Waals surface area contributed by atoms with Crippen LogP contribution in [0.4, 0.5) is 23.1 Å². The third-order valence-corrected chi connectivity index (χ3v) is 4.70. The zero-order valence-electron chi connectivity index (χ0n) is 16.9. The standard InChI is InChI=1S/C18H19N9O3S/c1-10-21-15(25-18(19)22-10)14-16(24-13-6-4-5-7-27(13)14)23-11-8-12(26-31(3,28)29)17(30-2)20-9-11/h4-9,23,26H,1-3H3,(H2,19,21,22,25).